The first kappa shape index (κ1) is 14.3. The second kappa shape index (κ2) is 5.74. The van der Waals surface area contributed by atoms with Gasteiger partial charge in [-0.2, -0.15) is 0 Å². The summed E-state index contributed by atoms with van der Waals surface area (Å²) in [7, 11) is 0. The third-order valence-electron chi connectivity index (χ3n) is 3.17. The van der Waals surface area contributed by atoms with E-state index < -0.39 is 0 Å². The van der Waals surface area contributed by atoms with Crippen LogP contribution in [0.3, 0.4) is 0 Å². The van der Waals surface area contributed by atoms with Crippen molar-refractivity contribution in [1.82, 2.24) is 15.0 Å². The number of halogens is 2. The lowest BCUT2D eigenvalue weighted by Crippen LogP contribution is -1.79. The average molecular weight is 366 g/mol. The van der Waals surface area contributed by atoms with Crippen LogP contribution in [0.4, 0.5) is 0 Å². The molecule has 0 amide bonds. The number of nitrogens with one attached hydrogen (secondary N) is 1. The average Bonchev–Trinajstić information content (AvgIpc) is 3.08. The van der Waals surface area contributed by atoms with Crippen molar-refractivity contribution < 1.29 is 0 Å². The quantitative estimate of drug-likeness (QED) is 0.468. The molecular formula is C15H9Cl2N3S2. The fourth-order valence-electron chi connectivity index (χ4n) is 2.16. The second-order valence-corrected chi connectivity index (χ2v) is 7.58. The molecule has 2 aromatic carbocycles. The number of nitrogens with zero attached hydrogens (tertiary/aromatic N) is 2. The van der Waals surface area contributed by atoms with Crippen LogP contribution in [0.1, 0.15) is 5.01 Å². The summed E-state index contributed by atoms with van der Waals surface area (Å²) in [5.74, 6) is 0.778. The van der Waals surface area contributed by atoms with Crippen LogP contribution in [0.15, 0.2) is 41.6 Å². The third kappa shape index (κ3) is 2.70. The summed E-state index contributed by atoms with van der Waals surface area (Å²) in [5, 5.41) is 2.97. The maximum atomic E-state index is 6.02. The van der Waals surface area contributed by atoms with Gasteiger partial charge in [0.25, 0.3) is 0 Å². The Morgan fingerprint density at radius 1 is 1.05 bits per heavy atom. The number of hydrogen-bond acceptors (Lipinski definition) is 4. The molecule has 0 saturated carbocycles. The molecule has 0 aliphatic carbocycles. The van der Waals surface area contributed by atoms with Crippen molar-refractivity contribution in [2.24, 2.45) is 0 Å². The van der Waals surface area contributed by atoms with E-state index in [-0.39, 0.29) is 0 Å². The van der Waals surface area contributed by atoms with Gasteiger partial charge >= 0.3 is 0 Å². The highest BCUT2D eigenvalue weighted by Gasteiger charge is 2.09. The van der Waals surface area contributed by atoms with E-state index in [1.165, 1.54) is 4.70 Å². The zero-order valence-corrected chi connectivity index (χ0v) is 14.3. The van der Waals surface area contributed by atoms with Gasteiger partial charge in [-0.05, 0) is 24.3 Å². The number of rotatable bonds is 3. The molecule has 0 saturated heterocycles. The van der Waals surface area contributed by atoms with Crippen LogP contribution in [0.2, 0.25) is 10.0 Å². The van der Waals surface area contributed by atoms with Crippen molar-refractivity contribution in [3.05, 3.63) is 51.5 Å². The molecule has 0 bridgehead atoms. The highest BCUT2D eigenvalue weighted by atomic mass is 35.5. The van der Waals surface area contributed by atoms with Gasteiger partial charge < -0.3 is 4.98 Å². The van der Waals surface area contributed by atoms with E-state index in [0.29, 0.717) is 10.0 Å². The Bertz CT molecular complexity index is 905. The lowest BCUT2D eigenvalue weighted by Gasteiger charge is -1.93. The van der Waals surface area contributed by atoms with Crippen molar-refractivity contribution in [3.8, 4) is 0 Å². The van der Waals surface area contributed by atoms with Gasteiger partial charge in [-0.1, -0.05) is 47.1 Å². The van der Waals surface area contributed by atoms with Gasteiger partial charge in [-0.15, -0.1) is 11.3 Å². The number of H-pyrrole nitrogens is 1. The van der Waals surface area contributed by atoms with Crippen molar-refractivity contribution in [2.75, 3.05) is 0 Å². The highest BCUT2D eigenvalue weighted by Crippen LogP contribution is 2.31. The number of imidazole rings is 1. The monoisotopic (exact) mass is 365 g/mol. The van der Waals surface area contributed by atoms with Crippen LogP contribution in [0, 0.1) is 0 Å². The molecule has 3 nitrogen and oxygen atoms in total. The molecule has 0 fully saturated rings. The molecule has 0 aliphatic heterocycles. The Balaban J connectivity index is 1.58. The van der Waals surface area contributed by atoms with Crippen LogP contribution in [-0.4, -0.2) is 15.0 Å². The molecule has 2 heterocycles. The molecule has 0 spiro atoms. The number of para-hydroxylation sites is 1. The summed E-state index contributed by atoms with van der Waals surface area (Å²) in [6.07, 6.45) is 0. The molecule has 4 aromatic rings. The SMILES string of the molecule is Clc1cc2nc(SCc3nc4ccccc4s3)[nH]c2cc1Cl. The standard InChI is InChI=1S/C15H9Cl2N3S2/c16-8-5-11-12(6-9(8)17)20-15(19-11)21-7-14-18-10-3-1-2-4-13(10)22-14/h1-6H,7H2,(H,19,20). The molecular weight excluding hydrogens is 357 g/mol. The van der Waals surface area contributed by atoms with Gasteiger partial charge in [0, 0.05) is 0 Å². The highest BCUT2D eigenvalue weighted by molar-refractivity contribution is 7.98. The molecule has 7 heteroatoms. The first-order chi connectivity index (χ1) is 10.7. The number of aromatic nitrogens is 3. The van der Waals surface area contributed by atoms with Crippen molar-refractivity contribution in [2.45, 2.75) is 10.9 Å². The summed E-state index contributed by atoms with van der Waals surface area (Å²) in [5.41, 5.74) is 2.76. The van der Waals surface area contributed by atoms with E-state index in [0.717, 1.165) is 32.5 Å². The minimum Gasteiger partial charge on any atom is -0.333 e. The van der Waals surface area contributed by atoms with E-state index >= 15 is 0 Å². The van der Waals surface area contributed by atoms with Crippen LogP contribution >= 0.6 is 46.3 Å². The summed E-state index contributed by atoms with van der Waals surface area (Å²) < 4.78 is 1.21. The van der Waals surface area contributed by atoms with E-state index in [1.54, 1.807) is 35.2 Å². The molecule has 0 radical (unpaired) electrons. The molecule has 22 heavy (non-hydrogen) atoms. The van der Waals surface area contributed by atoms with Crippen LogP contribution in [-0.2, 0) is 5.75 Å². The molecule has 110 valence electrons. The zero-order chi connectivity index (χ0) is 15.1. The number of thiazole rings is 1. The number of fused-ring (bicyclic) bond motifs is 2. The van der Waals surface area contributed by atoms with Crippen LogP contribution in [0.5, 0.6) is 0 Å². The Kier molecular flexibility index (Phi) is 3.74. The predicted octanol–water partition coefficient (Wildman–Crippen LogP) is 5.77. The Labute approximate surface area is 144 Å². The third-order valence-corrected chi connectivity index (χ3v) is 6.00. The number of hydrogen-bond donors (Lipinski definition) is 1. The fourth-order valence-corrected chi connectivity index (χ4v) is 4.33. The number of benzene rings is 2. The lowest BCUT2D eigenvalue weighted by atomic mass is 10.3. The molecule has 0 unspecified atom stereocenters. The van der Waals surface area contributed by atoms with Crippen molar-refractivity contribution in [3.63, 3.8) is 0 Å². The van der Waals surface area contributed by atoms with Gasteiger partial charge in [-0.3, -0.25) is 0 Å². The van der Waals surface area contributed by atoms with Crippen LogP contribution < -0.4 is 0 Å². The molecule has 1 N–H and O–H groups in total. The minimum atomic E-state index is 0.517. The van der Waals surface area contributed by atoms with E-state index in [9.17, 15) is 0 Å². The van der Waals surface area contributed by atoms with E-state index in [4.69, 9.17) is 23.2 Å². The first-order valence-electron chi connectivity index (χ1n) is 6.51. The fraction of sp³-hybridized carbons (Fsp3) is 0.0667. The number of aromatic amines is 1. The smallest absolute Gasteiger partial charge is 0.166 e. The second-order valence-electron chi connectivity index (χ2n) is 4.69. The largest absolute Gasteiger partial charge is 0.333 e. The Morgan fingerprint density at radius 3 is 2.73 bits per heavy atom. The van der Waals surface area contributed by atoms with Gasteiger partial charge in [-0.25, -0.2) is 9.97 Å². The summed E-state index contributed by atoms with van der Waals surface area (Å²) in [6, 6.07) is 11.7. The molecule has 4 rings (SSSR count). The predicted molar refractivity (Wildman–Crippen MR) is 95.3 cm³/mol. The van der Waals surface area contributed by atoms with Gasteiger partial charge in [0.05, 0.1) is 37.0 Å². The molecule has 0 atom stereocenters. The zero-order valence-electron chi connectivity index (χ0n) is 11.1. The van der Waals surface area contributed by atoms with E-state index in [1.807, 2.05) is 18.2 Å². The van der Waals surface area contributed by atoms with Crippen LogP contribution in [0.25, 0.3) is 21.3 Å². The topological polar surface area (TPSA) is 41.6 Å². The van der Waals surface area contributed by atoms with Gasteiger partial charge in [0.15, 0.2) is 5.16 Å². The van der Waals surface area contributed by atoms with E-state index in [2.05, 4.69) is 21.0 Å². The summed E-state index contributed by atoms with van der Waals surface area (Å²) >= 11 is 15.4. The maximum absolute atomic E-state index is 6.02. The molecule has 0 aliphatic rings. The summed E-state index contributed by atoms with van der Waals surface area (Å²) in [6.45, 7) is 0. The Morgan fingerprint density at radius 2 is 1.86 bits per heavy atom. The van der Waals surface area contributed by atoms with Gasteiger partial charge in [0.2, 0.25) is 0 Å². The Hall–Kier alpha value is -1.27. The minimum absolute atomic E-state index is 0.517. The lowest BCUT2D eigenvalue weighted by molar-refractivity contribution is 1.08. The number of thioether (sulfide) groups is 1. The maximum Gasteiger partial charge on any atom is 0.166 e. The van der Waals surface area contributed by atoms with Gasteiger partial charge in [0.1, 0.15) is 5.01 Å². The van der Waals surface area contributed by atoms with Crippen molar-refractivity contribution >= 4 is 67.6 Å². The normalized spacial score (nSPS) is 11.5. The summed E-state index contributed by atoms with van der Waals surface area (Å²) in [4.78, 5) is 12.4. The van der Waals surface area contributed by atoms with Crippen molar-refractivity contribution in [1.29, 1.82) is 0 Å². The first-order valence-corrected chi connectivity index (χ1v) is 9.07. The molecule has 2 aromatic heterocycles.